The molecule has 0 aliphatic heterocycles. The number of ether oxygens (including phenoxy) is 1. The van der Waals surface area contributed by atoms with Gasteiger partial charge in [0.25, 0.3) is 10.0 Å². The molecule has 2 rings (SSSR count). The highest BCUT2D eigenvalue weighted by Crippen LogP contribution is 2.22. The first kappa shape index (κ1) is 16.8. The Morgan fingerprint density at radius 1 is 1.14 bits per heavy atom. The van der Waals surface area contributed by atoms with Crippen LogP contribution >= 0.6 is 15.9 Å². The molecular formula is C16H18BrNO3S. The second kappa shape index (κ2) is 7.15. The van der Waals surface area contributed by atoms with Gasteiger partial charge in [0.2, 0.25) is 0 Å². The lowest BCUT2D eigenvalue weighted by Crippen LogP contribution is -2.13. The summed E-state index contributed by atoms with van der Waals surface area (Å²) in [5.41, 5.74) is 1.49. The zero-order valence-corrected chi connectivity index (χ0v) is 14.8. The number of benzene rings is 2. The van der Waals surface area contributed by atoms with Crippen LogP contribution in [0.1, 0.15) is 19.4 Å². The van der Waals surface area contributed by atoms with E-state index in [1.807, 2.05) is 13.8 Å². The van der Waals surface area contributed by atoms with E-state index in [2.05, 4.69) is 20.7 Å². The highest BCUT2D eigenvalue weighted by Gasteiger charge is 2.14. The molecule has 0 aliphatic carbocycles. The third-order valence-electron chi connectivity index (χ3n) is 2.85. The molecule has 0 aliphatic rings. The molecule has 2 aromatic carbocycles. The van der Waals surface area contributed by atoms with Crippen LogP contribution in [-0.2, 0) is 15.4 Å². The Hall–Kier alpha value is -1.53. The first-order valence-electron chi connectivity index (χ1n) is 6.85. The van der Waals surface area contributed by atoms with Crippen molar-refractivity contribution in [1.82, 2.24) is 0 Å². The first-order chi connectivity index (χ1) is 10.4. The van der Waals surface area contributed by atoms with Gasteiger partial charge >= 0.3 is 0 Å². The summed E-state index contributed by atoms with van der Waals surface area (Å²) in [5.74, 6) is 0.629. The molecular weight excluding hydrogens is 366 g/mol. The second-order valence-corrected chi connectivity index (χ2v) is 7.32. The summed E-state index contributed by atoms with van der Waals surface area (Å²) in [4.78, 5) is 0.229. The lowest BCUT2D eigenvalue weighted by molar-refractivity contribution is 0.242. The molecule has 0 aromatic heterocycles. The third-order valence-corrected chi connectivity index (χ3v) is 4.89. The van der Waals surface area contributed by atoms with E-state index >= 15 is 0 Å². The predicted molar refractivity (Wildman–Crippen MR) is 92.1 cm³/mol. The van der Waals surface area contributed by atoms with E-state index in [9.17, 15) is 8.42 Å². The van der Waals surface area contributed by atoms with E-state index < -0.39 is 10.0 Å². The normalized spacial score (nSPS) is 11.5. The van der Waals surface area contributed by atoms with Gasteiger partial charge in [-0.3, -0.25) is 4.72 Å². The van der Waals surface area contributed by atoms with Gasteiger partial charge in [-0.15, -0.1) is 0 Å². The molecule has 6 heteroatoms. The Bertz CT molecular complexity index is 727. The Balaban J connectivity index is 2.20. The highest BCUT2D eigenvalue weighted by atomic mass is 79.9. The van der Waals surface area contributed by atoms with E-state index in [1.165, 1.54) is 0 Å². The van der Waals surface area contributed by atoms with Gasteiger partial charge in [-0.1, -0.05) is 34.1 Å². The Morgan fingerprint density at radius 3 is 2.41 bits per heavy atom. The molecule has 0 bridgehead atoms. The monoisotopic (exact) mass is 383 g/mol. The number of anilines is 1. The lowest BCUT2D eigenvalue weighted by atomic mass is 10.2. The van der Waals surface area contributed by atoms with Gasteiger partial charge in [-0.25, -0.2) is 8.42 Å². The quantitative estimate of drug-likeness (QED) is 0.761. The van der Waals surface area contributed by atoms with Crippen molar-refractivity contribution in [3.63, 3.8) is 0 Å². The summed E-state index contributed by atoms with van der Waals surface area (Å²) < 4.78 is 32.9. The highest BCUT2D eigenvalue weighted by molar-refractivity contribution is 9.08. The van der Waals surface area contributed by atoms with Gasteiger partial charge in [0.1, 0.15) is 5.75 Å². The van der Waals surface area contributed by atoms with E-state index in [4.69, 9.17) is 4.74 Å². The minimum Gasteiger partial charge on any atom is -0.491 e. The average Bonchev–Trinajstić information content (AvgIpc) is 2.46. The summed E-state index contributed by atoms with van der Waals surface area (Å²) in [6, 6.07) is 13.7. The second-order valence-electron chi connectivity index (χ2n) is 5.08. The summed E-state index contributed by atoms with van der Waals surface area (Å²) >= 11 is 3.33. The number of alkyl halides is 1. The van der Waals surface area contributed by atoms with Gasteiger partial charge in [0, 0.05) is 11.4 Å². The third kappa shape index (κ3) is 4.48. The van der Waals surface area contributed by atoms with Gasteiger partial charge in [-0.2, -0.15) is 0 Å². The van der Waals surface area contributed by atoms with Crippen LogP contribution in [0.2, 0.25) is 0 Å². The molecule has 0 radical (unpaired) electrons. The number of halogens is 1. The Morgan fingerprint density at radius 2 is 1.82 bits per heavy atom. The van der Waals surface area contributed by atoms with E-state index in [0.717, 1.165) is 5.56 Å². The fraction of sp³-hybridized carbons (Fsp3) is 0.250. The smallest absolute Gasteiger partial charge is 0.261 e. The number of nitrogens with one attached hydrogen (secondary N) is 1. The molecule has 4 nitrogen and oxygen atoms in total. The number of hydrogen-bond donors (Lipinski definition) is 1. The number of rotatable bonds is 6. The maximum atomic E-state index is 12.4. The van der Waals surface area contributed by atoms with E-state index in [-0.39, 0.29) is 11.0 Å². The lowest BCUT2D eigenvalue weighted by Gasteiger charge is -2.12. The maximum absolute atomic E-state index is 12.4. The zero-order valence-electron chi connectivity index (χ0n) is 12.4. The van der Waals surface area contributed by atoms with Gasteiger partial charge in [0.05, 0.1) is 16.7 Å². The van der Waals surface area contributed by atoms with Gasteiger partial charge in [-0.05, 0) is 43.7 Å². The van der Waals surface area contributed by atoms with Crippen molar-refractivity contribution >= 4 is 31.6 Å². The molecule has 118 valence electrons. The molecule has 0 unspecified atom stereocenters. The molecule has 1 N–H and O–H groups in total. The summed E-state index contributed by atoms with van der Waals surface area (Å²) in [5, 5.41) is 0.690. The van der Waals surface area contributed by atoms with Crippen LogP contribution in [0.15, 0.2) is 53.4 Å². The van der Waals surface area contributed by atoms with Crippen molar-refractivity contribution in [2.45, 2.75) is 30.2 Å². The van der Waals surface area contributed by atoms with Crippen LogP contribution in [0.4, 0.5) is 5.69 Å². The molecule has 0 fully saturated rings. The fourth-order valence-corrected chi connectivity index (χ4v) is 3.30. The molecule has 0 atom stereocenters. The summed E-state index contributed by atoms with van der Waals surface area (Å²) in [6.45, 7) is 3.84. The average molecular weight is 384 g/mol. The van der Waals surface area contributed by atoms with E-state index in [0.29, 0.717) is 16.8 Å². The van der Waals surface area contributed by atoms with Crippen molar-refractivity contribution < 1.29 is 13.2 Å². The predicted octanol–water partition coefficient (Wildman–Crippen LogP) is 4.17. The molecule has 0 heterocycles. The molecule has 0 saturated carbocycles. The summed E-state index contributed by atoms with van der Waals surface area (Å²) in [6.07, 6.45) is 0.0312. The van der Waals surface area contributed by atoms with Crippen LogP contribution in [-0.4, -0.2) is 14.5 Å². The van der Waals surface area contributed by atoms with Crippen LogP contribution in [0, 0.1) is 0 Å². The van der Waals surface area contributed by atoms with Gasteiger partial charge in [0.15, 0.2) is 0 Å². The fourth-order valence-electron chi connectivity index (χ4n) is 1.88. The van der Waals surface area contributed by atoms with Crippen LogP contribution in [0.25, 0.3) is 0 Å². The molecule has 22 heavy (non-hydrogen) atoms. The topological polar surface area (TPSA) is 55.4 Å². The van der Waals surface area contributed by atoms with Crippen LogP contribution in [0.3, 0.4) is 0 Å². The van der Waals surface area contributed by atoms with Gasteiger partial charge < -0.3 is 4.74 Å². The molecule has 2 aromatic rings. The number of sulfonamides is 1. The number of hydrogen-bond acceptors (Lipinski definition) is 3. The van der Waals surface area contributed by atoms with Crippen LogP contribution in [0.5, 0.6) is 5.75 Å². The van der Waals surface area contributed by atoms with E-state index in [1.54, 1.807) is 48.5 Å². The van der Waals surface area contributed by atoms with Crippen molar-refractivity contribution in [3.05, 3.63) is 54.1 Å². The Labute approximate surface area is 139 Å². The molecule has 0 amide bonds. The molecule has 0 spiro atoms. The Kier molecular flexibility index (Phi) is 5.47. The minimum atomic E-state index is -3.60. The van der Waals surface area contributed by atoms with Crippen LogP contribution < -0.4 is 9.46 Å². The summed E-state index contributed by atoms with van der Waals surface area (Å²) in [7, 11) is -3.60. The van der Waals surface area contributed by atoms with Crippen molar-refractivity contribution in [2.75, 3.05) is 4.72 Å². The van der Waals surface area contributed by atoms with Crippen molar-refractivity contribution in [1.29, 1.82) is 0 Å². The standard InChI is InChI=1S/C16H18BrNO3S/c1-12(2)21-15-5-3-4-14(10-15)18-22(19,20)16-8-6-13(11-17)7-9-16/h3-10,12,18H,11H2,1-2H3. The van der Waals surface area contributed by atoms with Crippen molar-refractivity contribution in [3.8, 4) is 5.75 Å². The SMILES string of the molecule is CC(C)Oc1cccc(NS(=O)(=O)c2ccc(CBr)cc2)c1. The zero-order chi connectivity index (χ0) is 16.2. The molecule has 0 saturated heterocycles. The largest absolute Gasteiger partial charge is 0.491 e. The minimum absolute atomic E-state index is 0.0312. The van der Waals surface area contributed by atoms with Crippen molar-refractivity contribution in [2.24, 2.45) is 0 Å². The first-order valence-corrected chi connectivity index (χ1v) is 9.45. The maximum Gasteiger partial charge on any atom is 0.261 e.